The van der Waals surface area contributed by atoms with Crippen molar-refractivity contribution in [1.29, 1.82) is 0 Å². The van der Waals surface area contributed by atoms with Crippen molar-refractivity contribution < 1.29 is 19.8 Å². The molecule has 3 N–H and O–H groups in total. The second kappa shape index (κ2) is 6.52. The number of carboxylic acid groups (broad SMARTS) is 2. The Hall–Kier alpha value is -3.62. The summed E-state index contributed by atoms with van der Waals surface area (Å²) >= 11 is 0. The van der Waals surface area contributed by atoms with Crippen LogP contribution in [0.25, 0.3) is 11.3 Å². The lowest BCUT2D eigenvalue weighted by Gasteiger charge is -2.28. The van der Waals surface area contributed by atoms with Crippen molar-refractivity contribution in [2.24, 2.45) is 0 Å². The molecule has 4 rings (SSSR count). The fourth-order valence-electron chi connectivity index (χ4n) is 3.84. The first-order valence-electron chi connectivity index (χ1n) is 8.77. The maximum absolute atomic E-state index is 12.3. The zero-order valence-corrected chi connectivity index (χ0v) is 14.8. The standard InChI is InChI=1S/C19H17N3O6/c23-15(24)9-22-16-13-7-12(21-6-5-11(8-21)19(27)28)3-1-10(13)2-4-14(16)20-17(25)18(22)26/h5-8H,1-4,9H2,(H,20,25)(H,23,24)(H,27,28). The lowest BCUT2D eigenvalue weighted by Crippen LogP contribution is -2.41. The molecule has 2 aromatic rings. The van der Waals surface area contributed by atoms with E-state index in [1.807, 2.05) is 6.08 Å². The van der Waals surface area contributed by atoms with Crippen molar-refractivity contribution in [2.75, 3.05) is 0 Å². The third kappa shape index (κ3) is 2.90. The number of aryl methyl sites for hydroxylation is 1. The lowest BCUT2D eigenvalue weighted by atomic mass is 9.84. The van der Waals surface area contributed by atoms with E-state index < -0.39 is 29.6 Å². The predicted molar refractivity (Wildman–Crippen MR) is 99.1 cm³/mol. The number of allylic oxidation sites excluding steroid dienone is 4. The highest BCUT2D eigenvalue weighted by Crippen LogP contribution is 2.38. The van der Waals surface area contributed by atoms with Crippen molar-refractivity contribution in [3.8, 4) is 0 Å². The Morgan fingerprint density at radius 3 is 2.54 bits per heavy atom. The normalized spacial score (nSPS) is 15.6. The van der Waals surface area contributed by atoms with Crippen LogP contribution in [-0.2, 0) is 17.8 Å². The van der Waals surface area contributed by atoms with Crippen molar-refractivity contribution in [3.63, 3.8) is 0 Å². The van der Waals surface area contributed by atoms with Gasteiger partial charge in [-0.05, 0) is 37.8 Å². The number of aliphatic carboxylic acids is 1. The first-order valence-corrected chi connectivity index (χ1v) is 8.77. The van der Waals surface area contributed by atoms with Gasteiger partial charge in [0.05, 0.1) is 11.3 Å². The number of aromatic amines is 1. The van der Waals surface area contributed by atoms with E-state index in [2.05, 4.69) is 4.98 Å². The average Bonchev–Trinajstić information content (AvgIpc) is 3.15. The van der Waals surface area contributed by atoms with Crippen LogP contribution in [0.2, 0.25) is 0 Å². The number of aromatic nitrogens is 3. The summed E-state index contributed by atoms with van der Waals surface area (Å²) in [5, 5.41) is 18.3. The Morgan fingerprint density at radius 2 is 1.86 bits per heavy atom. The van der Waals surface area contributed by atoms with Gasteiger partial charge in [-0.3, -0.25) is 19.0 Å². The number of H-pyrrole nitrogens is 1. The zero-order chi connectivity index (χ0) is 20.0. The highest BCUT2D eigenvalue weighted by molar-refractivity contribution is 5.88. The minimum Gasteiger partial charge on any atom is -0.480 e. The second-order valence-corrected chi connectivity index (χ2v) is 6.83. The van der Waals surface area contributed by atoms with Gasteiger partial charge in [0, 0.05) is 29.4 Å². The van der Waals surface area contributed by atoms with Crippen LogP contribution in [0.1, 0.15) is 41.0 Å². The van der Waals surface area contributed by atoms with Gasteiger partial charge in [-0.2, -0.15) is 0 Å². The van der Waals surface area contributed by atoms with E-state index >= 15 is 0 Å². The van der Waals surface area contributed by atoms with Gasteiger partial charge in [-0.1, -0.05) is 5.57 Å². The maximum atomic E-state index is 12.3. The fraction of sp³-hybridized carbons (Fsp3) is 0.263. The molecular formula is C19H17N3O6. The van der Waals surface area contributed by atoms with E-state index in [4.69, 9.17) is 5.11 Å². The molecule has 0 atom stereocenters. The fourth-order valence-corrected chi connectivity index (χ4v) is 3.84. The third-order valence-electron chi connectivity index (χ3n) is 5.13. The molecular weight excluding hydrogens is 366 g/mol. The molecule has 0 unspecified atom stereocenters. The van der Waals surface area contributed by atoms with E-state index in [0.717, 1.165) is 21.4 Å². The van der Waals surface area contributed by atoms with Gasteiger partial charge in [-0.25, -0.2) is 4.79 Å². The monoisotopic (exact) mass is 383 g/mol. The molecule has 0 amide bonds. The van der Waals surface area contributed by atoms with E-state index in [9.17, 15) is 24.3 Å². The largest absolute Gasteiger partial charge is 0.480 e. The van der Waals surface area contributed by atoms with Gasteiger partial charge in [0.2, 0.25) is 0 Å². The SMILES string of the molecule is O=C(O)Cn1c2c([nH]c(=O)c1=O)CCC1=C2C=C(n2ccc(C(=O)O)c2)CC1. The van der Waals surface area contributed by atoms with Gasteiger partial charge in [-0.15, -0.1) is 0 Å². The molecule has 0 aliphatic heterocycles. The third-order valence-corrected chi connectivity index (χ3v) is 5.13. The van der Waals surface area contributed by atoms with Crippen LogP contribution in [0.5, 0.6) is 0 Å². The highest BCUT2D eigenvalue weighted by Gasteiger charge is 2.27. The number of rotatable bonds is 4. The Bertz CT molecular complexity index is 1190. The summed E-state index contributed by atoms with van der Waals surface area (Å²) in [6.07, 6.45) is 7.65. The molecule has 9 nitrogen and oxygen atoms in total. The van der Waals surface area contributed by atoms with Crippen molar-refractivity contribution >= 4 is 23.2 Å². The van der Waals surface area contributed by atoms with Crippen LogP contribution >= 0.6 is 0 Å². The summed E-state index contributed by atoms with van der Waals surface area (Å²) in [6.45, 7) is -0.599. The van der Waals surface area contributed by atoms with Gasteiger partial charge < -0.3 is 19.8 Å². The van der Waals surface area contributed by atoms with Crippen LogP contribution in [0.4, 0.5) is 0 Å². The smallest absolute Gasteiger partial charge is 0.337 e. The maximum Gasteiger partial charge on any atom is 0.337 e. The summed E-state index contributed by atoms with van der Waals surface area (Å²) in [7, 11) is 0. The van der Waals surface area contributed by atoms with E-state index in [1.165, 1.54) is 12.3 Å². The highest BCUT2D eigenvalue weighted by atomic mass is 16.4. The number of aromatic carboxylic acids is 1. The molecule has 0 spiro atoms. The minimum absolute atomic E-state index is 0.164. The molecule has 2 aliphatic carbocycles. The number of nitrogens with zero attached hydrogens (tertiary/aromatic N) is 2. The van der Waals surface area contributed by atoms with E-state index in [0.29, 0.717) is 37.1 Å². The summed E-state index contributed by atoms with van der Waals surface area (Å²) < 4.78 is 2.73. The first-order chi connectivity index (χ1) is 13.3. The van der Waals surface area contributed by atoms with E-state index in [1.54, 1.807) is 10.8 Å². The molecule has 2 aliphatic rings. The molecule has 2 heterocycles. The molecule has 0 saturated heterocycles. The van der Waals surface area contributed by atoms with Crippen LogP contribution in [0, 0.1) is 0 Å². The Balaban J connectivity index is 1.88. The summed E-state index contributed by atoms with van der Waals surface area (Å²) in [5.41, 5.74) is 2.05. The first kappa shape index (κ1) is 17.8. The molecule has 0 bridgehead atoms. The van der Waals surface area contributed by atoms with Gasteiger partial charge >= 0.3 is 23.1 Å². The van der Waals surface area contributed by atoms with Crippen molar-refractivity contribution in [3.05, 3.63) is 67.8 Å². The minimum atomic E-state index is -1.21. The topological polar surface area (TPSA) is 134 Å². The van der Waals surface area contributed by atoms with Crippen LogP contribution in [0.15, 0.2) is 39.7 Å². The van der Waals surface area contributed by atoms with Crippen LogP contribution in [-0.4, -0.2) is 36.3 Å². The molecule has 0 radical (unpaired) electrons. The average molecular weight is 383 g/mol. The van der Waals surface area contributed by atoms with Crippen molar-refractivity contribution in [2.45, 2.75) is 32.2 Å². The number of hydrogen-bond donors (Lipinski definition) is 3. The number of hydrogen-bond acceptors (Lipinski definition) is 4. The molecule has 144 valence electrons. The zero-order valence-electron chi connectivity index (χ0n) is 14.8. The Morgan fingerprint density at radius 1 is 1.11 bits per heavy atom. The second-order valence-electron chi connectivity index (χ2n) is 6.83. The van der Waals surface area contributed by atoms with E-state index in [-0.39, 0.29) is 5.56 Å². The summed E-state index contributed by atoms with van der Waals surface area (Å²) in [5.74, 6) is -2.23. The summed E-state index contributed by atoms with van der Waals surface area (Å²) in [6, 6.07) is 1.50. The molecule has 2 aromatic heterocycles. The molecule has 9 heteroatoms. The molecule has 0 saturated carbocycles. The van der Waals surface area contributed by atoms with Gasteiger partial charge in [0.1, 0.15) is 6.54 Å². The number of carbonyl (C=O) groups is 2. The Kier molecular flexibility index (Phi) is 4.14. The number of fused-ring (bicyclic) bond motifs is 2. The summed E-state index contributed by atoms with van der Waals surface area (Å²) in [4.78, 5) is 49.2. The molecule has 0 fully saturated rings. The molecule has 28 heavy (non-hydrogen) atoms. The molecule has 0 aromatic carbocycles. The van der Waals surface area contributed by atoms with Crippen LogP contribution in [0.3, 0.4) is 0 Å². The van der Waals surface area contributed by atoms with Crippen molar-refractivity contribution in [1.82, 2.24) is 14.1 Å². The quantitative estimate of drug-likeness (QED) is 0.678. The van der Waals surface area contributed by atoms with Gasteiger partial charge in [0.25, 0.3) is 0 Å². The van der Waals surface area contributed by atoms with Crippen LogP contribution < -0.4 is 11.1 Å². The predicted octanol–water partition coefficient (Wildman–Crippen LogP) is 1.16. The van der Waals surface area contributed by atoms with Gasteiger partial charge in [0.15, 0.2) is 0 Å². The number of nitrogens with one attached hydrogen (secondary N) is 1. The number of carboxylic acids is 2. The Labute approximate surface area is 157 Å². The lowest BCUT2D eigenvalue weighted by molar-refractivity contribution is -0.137.